The number of halogens is 2. The third-order valence-corrected chi connectivity index (χ3v) is 4.83. The van der Waals surface area contributed by atoms with E-state index in [1.54, 1.807) is 30.3 Å². The first kappa shape index (κ1) is 14.2. The summed E-state index contributed by atoms with van der Waals surface area (Å²) in [5, 5.41) is -3.53. The van der Waals surface area contributed by atoms with Gasteiger partial charge in [-0.15, -0.1) is 11.3 Å². The number of fused-ring (bicyclic) bond motifs is 1. The number of thiazole rings is 1. The molecule has 0 amide bonds. The Morgan fingerprint density at radius 3 is 2.43 bits per heavy atom. The van der Waals surface area contributed by atoms with Gasteiger partial charge in [0.25, 0.3) is 0 Å². The Balaban J connectivity index is 1.87. The molecule has 2 nitrogen and oxygen atoms in total. The molecule has 0 aliphatic carbocycles. The second kappa shape index (κ2) is 5.54. The van der Waals surface area contributed by atoms with Crippen molar-refractivity contribution in [2.24, 2.45) is 0 Å². The number of Topliss-reactive ketones (excluding diaryl/α,β-unsaturated/α-hetero) is 1. The summed E-state index contributed by atoms with van der Waals surface area (Å²) in [5.74, 6) is -1.20. The maximum atomic E-state index is 14.1. The van der Waals surface area contributed by atoms with Crippen LogP contribution < -0.4 is 0 Å². The van der Waals surface area contributed by atoms with E-state index in [-0.39, 0.29) is 21.7 Å². The molecule has 0 bridgehead atoms. The maximum Gasteiger partial charge on any atom is 0.362 e. The highest BCUT2D eigenvalue weighted by Gasteiger charge is 2.41. The Kier molecular flexibility index (Phi) is 3.73. The van der Waals surface area contributed by atoms with Gasteiger partial charge in [-0.2, -0.15) is 8.78 Å². The third-order valence-electron chi connectivity index (χ3n) is 2.79. The van der Waals surface area contributed by atoms with Gasteiger partial charge >= 0.3 is 5.25 Å². The Morgan fingerprint density at radius 1 is 1.05 bits per heavy atom. The van der Waals surface area contributed by atoms with E-state index in [2.05, 4.69) is 4.98 Å². The van der Waals surface area contributed by atoms with E-state index < -0.39 is 11.0 Å². The molecule has 0 atom stereocenters. The van der Waals surface area contributed by atoms with Gasteiger partial charge in [-0.05, 0) is 23.9 Å². The van der Waals surface area contributed by atoms with Gasteiger partial charge in [0.1, 0.15) is 0 Å². The summed E-state index contributed by atoms with van der Waals surface area (Å²) >= 11 is 1.36. The molecule has 106 valence electrons. The molecule has 3 aromatic rings. The van der Waals surface area contributed by atoms with Crippen molar-refractivity contribution in [2.45, 2.75) is 9.59 Å². The summed E-state index contributed by atoms with van der Waals surface area (Å²) in [5.41, 5.74) is 0.657. The summed E-state index contributed by atoms with van der Waals surface area (Å²) in [7, 11) is 0. The van der Waals surface area contributed by atoms with Crippen LogP contribution in [0.5, 0.6) is 0 Å². The first-order chi connectivity index (χ1) is 10.1. The highest BCUT2D eigenvalue weighted by molar-refractivity contribution is 8.02. The highest BCUT2D eigenvalue weighted by atomic mass is 32.2. The smallest absolute Gasteiger partial charge is 0.286 e. The molecular formula is C15H9F2NOS2. The van der Waals surface area contributed by atoms with Gasteiger partial charge < -0.3 is 0 Å². The zero-order chi connectivity index (χ0) is 14.9. The zero-order valence-corrected chi connectivity index (χ0v) is 12.3. The number of aromatic nitrogens is 1. The van der Waals surface area contributed by atoms with E-state index >= 15 is 0 Å². The molecule has 1 heterocycles. The van der Waals surface area contributed by atoms with Crippen LogP contribution in [-0.4, -0.2) is 16.0 Å². The summed E-state index contributed by atoms with van der Waals surface area (Å²) in [6.45, 7) is 0. The van der Waals surface area contributed by atoms with Crippen LogP contribution in [0.3, 0.4) is 0 Å². The lowest BCUT2D eigenvalue weighted by molar-refractivity contribution is 0.0567. The van der Waals surface area contributed by atoms with Crippen molar-refractivity contribution in [3.63, 3.8) is 0 Å². The molecule has 2 aromatic carbocycles. The summed E-state index contributed by atoms with van der Waals surface area (Å²) in [6.07, 6.45) is 0. The molecular weight excluding hydrogens is 312 g/mol. The molecule has 0 saturated carbocycles. The number of hydrogen-bond acceptors (Lipinski definition) is 4. The van der Waals surface area contributed by atoms with Crippen LogP contribution in [0, 0.1) is 0 Å². The molecule has 0 fully saturated rings. The van der Waals surface area contributed by atoms with Crippen LogP contribution in [0.15, 0.2) is 58.9 Å². The number of carbonyl (C=O) groups excluding carboxylic acids is 1. The lowest BCUT2D eigenvalue weighted by Crippen LogP contribution is -2.24. The predicted octanol–water partition coefficient (Wildman–Crippen LogP) is 4.86. The number of benzene rings is 2. The number of hydrogen-bond donors (Lipinski definition) is 0. The number of rotatable bonds is 4. The van der Waals surface area contributed by atoms with E-state index in [0.717, 1.165) is 16.0 Å². The van der Waals surface area contributed by atoms with Crippen molar-refractivity contribution in [2.75, 3.05) is 0 Å². The van der Waals surface area contributed by atoms with Crippen molar-refractivity contribution in [3.8, 4) is 0 Å². The largest absolute Gasteiger partial charge is 0.362 e. The normalized spacial score (nSPS) is 11.7. The standard InChI is InChI=1S/C15H9F2NOS2/c16-15(17,13(19)10-6-2-1-3-7-10)21-14-18-11-8-4-5-9-12(11)20-14/h1-9H. The van der Waals surface area contributed by atoms with Crippen LogP contribution in [0.1, 0.15) is 10.4 Å². The second-order valence-electron chi connectivity index (χ2n) is 4.26. The van der Waals surface area contributed by atoms with Crippen molar-refractivity contribution in [1.29, 1.82) is 0 Å². The van der Waals surface area contributed by atoms with E-state index in [0.29, 0.717) is 5.52 Å². The quantitative estimate of drug-likeness (QED) is 0.507. The first-order valence-electron chi connectivity index (χ1n) is 6.08. The molecule has 0 radical (unpaired) electrons. The van der Waals surface area contributed by atoms with Crippen LogP contribution >= 0.6 is 23.1 Å². The molecule has 6 heteroatoms. The Hall–Kier alpha value is -1.79. The number of para-hydroxylation sites is 1. The Bertz CT molecular complexity index is 753. The summed E-state index contributed by atoms with van der Waals surface area (Å²) in [6, 6.07) is 14.8. The summed E-state index contributed by atoms with van der Waals surface area (Å²) < 4.78 is 29.2. The van der Waals surface area contributed by atoms with Crippen molar-refractivity contribution < 1.29 is 13.6 Å². The summed E-state index contributed by atoms with van der Waals surface area (Å²) in [4.78, 5) is 16.0. The molecule has 0 saturated heterocycles. The number of alkyl halides is 2. The van der Waals surface area contributed by atoms with Crippen molar-refractivity contribution in [3.05, 3.63) is 60.2 Å². The molecule has 3 rings (SSSR count). The van der Waals surface area contributed by atoms with E-state index in [1.165, 1.54) is 12.1 Å². The second-order valence-corrected chi connectivity index (χ2v) is 6.65. The molecule has 0 N–H and O–H groups in total. The van der Waals surface area contributed by atoms with Gasteiger partial charge in [-0.25, -0.2) is 4.98 Å². The van der Waals surface area contributed by atoms with Crippen LogP contribution in [-0.2, 0) is 0 Å². The third kappa shape index (κ3) is 2.96. The number of carbonyl (C=O) groups is 1. The molecule has 0 unspecified atom stereocenters. The minimum absolute atomic E-state index is 0.00360. The minimum atomic E-state index is -3.53. The first-order valence-corrected chi connectivity index (χ1v) is 7.72. The van der Waals surface area contributed by atoms with Gasteiger partial charge in [0.15, 0.2) is 4.34 Å². The van der Waals surface area contributed by atoms with Crippen LogP contribution in [0.25, 0.3) is 10.2 Å². The van der Waals surface area contributed by atoms with Crippen molar-refractivity contribution >= 4 is 39.1 Å². The lowest BCUT2D eigenvalue weighted by atomic mass is 10.1. The fourth-order valence-corrected chi connectivity index (χ4v) is 3.83. The van der Waals surface area contributed by atoms with Crippen molar-refractivity contribution in [1.82, 2.24) is 4.98 Å². The zero-order valence-electron chi connectivity index (χ0n) is 10.6. The lowest BCUT2D eigenvalue weighted by Gasteiger charge is -2.12. The van der Waals surface area contributed by atoms with Gasteiger partial charge in [-0.3, -0.25) is 4.79 Å². The van der Waals surface area contributed by atoms with Gasteiger partial charge in [0.2, 0.25) is 5.78 Å². The average Bonchev–Trinajstić information content (AvgIpc) is 2.88. The van der Waals surface area contributed by atoms with Crippen LogP contribution in [0.4, 0.5) is 8.78 Å². The number of thioether (sulfide) groups is 1. The molecule has 0 aliphatic rings. The van der Waals surface area contributed by atoms with Gasteiger partial charge in [0.05, 0.1) is 10.2 Å². The molecule has 0 spiro atoms. The fraction of sp³-hybridized carbons (Fsp3) is 0.0667. The highest BCUT2D eigenvalue weighted by Crippen LogP contribution is 2.41. The monoisotopic (exact) mass is 321 g/mol. The molecule has 21 heavy (non-hydrogen) atoms. The average molecular weight is 321 g/mol. The van der Waals surface area contributed by atoms with E-state index in [1.807, 2.05) is 12.1 Å². The molecule has 0 aliphatic heterocycles. The molecule has 1 aromatic heterocycles. The van der Waals surface area contributed by atoms with Gasteiger partial charge in [-0.1, -0.05) is 42.5 Å². The van der Waals surface area contributed by atoms with E-state index in [9.17, 15) is 13.6 Å². The Morgan fingerprint density at radius 2 is 1.71 bits per heavy atom. The minimum Gasteiger partial charge on any atom is -0.286 e. The Labute approximate surface area is 127 Å². The maximum absolute atomic E-state index is 14.1. The number of ketones is 1. The van der Waals surface area contributed by atoms with Gasteiger partial charge in [0, 0.05) is 5.56 Å². The fourth-order valence-electron chi connectivity index (χ4n) is 1.81. The number of nitrogens with zero attached hydrogens (tertiary/aromatic N) is 1. The predicted molar refractivity (Wildman–Crippen MR) is 81.2 cm³/mol. The van der Waals surface area contributed by atoms with E-state index in [4.69, 9.17) is 0 Å². The SMILES string of the molecule is O=C(c1ccccc1)C(F)(F)Sc1nc2ccccc2s1. The topological polar surface area (TPSA) is 30.0 Å². The van der Waals surface area contributed by atoms with Crippen LogP contribution in [0.2, 0.25) is 0 Å².